The van der Waals surface area contributed by atoms with Gasteiger partial charge in [0.05, 0.1) is 13.7 Å². The van der Waals surface area contributed by atoms with Gasteiger partial charge in [0.1, 0.15) is 0 Å². The second-order valence-electron chi connectivity index (χ2n) is 6.54. The molecule has 0 aromatic heterocycles. The predicted octanol–water partition coefficient (Wildman–Crippen LogP) is 4.10. The molecule has 6 heteroatoms. The van der Waals surface area contributed by atoms with Crippen molar-refractivity contribution in [1.82, 2.24) is 10.9 Å². The van der Waals surface area contributed by atoms with Gasteiger partial charge in [-0.05, 0) is 47.5 Å². The number of ether oxygens (including phenoxy) is 2. The highest BCUT2D eigenvalue weighted by Gasteiger charge is 2.13. The van der Waals surface area contributed by atoms with Crippen molar-refractivity contribution >= 4 is 22.6 Å². The first kappa shape index (κ1) is 20.2. The van der Waals surface area contributed by atoms with Crippen molar-refractivity contribution in [1.29, 1.82) is 0 Å². The summed E-state index contributed by atoms with van der Waals surface area (Å²) < 4.78 is 11.0. The molecule has 2 N–H and O–H groups in total. The predicted molar refractivity (Wildman–Crippen MR) is 112 cm³/mol. The minimum absolute atomic E-state index is 0.350. The Bertz CT molecular complexity index is 1020. The molecule has 0 radical (unpaired) electrons. The molecule has 0 unspecified atom stereocenters. The van der Waals surface area contributed by atoms with Crippen LogP contribution in [-0.2, 0) is 0 Å². The van der Waals surface area contributed by atoms with Crippen molar-refractivity contribution in [2.75, 3.05) is 13.7 Å². The maximum atomic E-state index is 12.4. The normalized spacial score (nSPS) is 10.4. The first-order valence-electron chi connectivity index (χ1n) is 9.52. The number of methoxy groups -OCH3 is 1. The van der Waals surface area contributed by atoms with Crippen LogP contribution in [0.1, 0.15) is 40.5 Å². The van der Waals surface area contributed by atoms with E-state index in [0.29, 0.717) is 29.2 Å². The summed E-state index contributed by atoms with van der Waals surface area (Å²) in [6, 6.07) is 18.0. The third kappa shape index (κ3) is 5.04. The summed E-state index contributed by atoms with van der Waals surface area (Å²) in [5.41, 5.74) is 5.69. The summed E-state index contributed by atoms with van der Waals surface area (Å²) >= 11 is 0. The van der Waals surface area contributed by atoms with Crippen LogP contribution in [0.4, 0.5) is 0 Å². The number of fused-ring (bicyclic) bond motifs is 1. The maximum Gasteiger partial charge on any atom is 0.269 e. The van der Waals surface area contributed by atoms with Crippen LogP contribution in [0.2, 0.25) is 0 Å². The molecular formula is C23H24N2O4. The minimum Gasteiger partial charge on any atom is -0.493 e. The van der Waals surface area contributed by atoms with Crippen molar-refractivity contribution in [2.45, 2.75) is 19.8 Å². The molecule has 0 aliphatic rings. The third-order valence-electron chi connectivity index (χ3n) is 4.48. The Morgan fingerprint density at radius 3 is 2.17 bits per heavy atom. The number of hydrogen-bond acceptors (Lipinski definition) is 4. The van der Waals surface area contributed by atoms with Gasteiger partial charge < -0.3 is 9.47 Å². The first-order chi connectivity index (χ1) is 14.1. The van der Waals surface area contributed by atoms with Crippen LogP contribution >= 0.6 is 0 Å². The van der Waals surface area contributed by atoms with Crippen LogP contribution < -0.4 is 20.3 Å². The molecule has 0 aliphatic carbocycles. The van der Waals surface area contributed by atoms with Crippen LogP contribution in [-0.4, -0.2) is 25.5 Å². The van der Waals surface area contributed by atoms with Gasteiger partial charge in [-0.25, -0.2) is 0 Å². The van der Waals surface area contributed by atoms with Crippen molar-refractivity contribution in [3.8, 4) is 11.5 Å². The number of carbonyl (C=O) groups excluding carboxylic acids is 2. The molecule has 2 amide bonds. The molecule has 0 spiro atoms. The van der Waals surface area contributed by atoms with Gasteiger partial charge in [0.15, 0.2) is 11.5 Å². The van der Waals surface area contributed by atoms with Gasteiger partial charge in [-0.15, -0.1) is 0 Å². The van der Waals surface area contributed by atoms with Crippen LogP contribution in [0.5, 0.6) is 11.5 Å². The zero-order valence-electron chi connectivity index (χ0n) is 16.5. The Balaban J connectivity index is 1.63. The van der Waals surface area contributed by atoms with Crippen molar-refractivity contribution in [3.63, 3.8) is 0 Å². The smallest absolute Gasteiger partial charge is 0.269 e. The largest absolute Gasteiger partial charge is 0.493 e. The van der Waals surface area contributed by atoms with E-state index in [2.05, 4.69) is 17.8 Å². The zero-order valence-corrected chi connectivity index (χ0v) is 16.5. The van der Waals surface area contributed by atoms with E-state index in [1.165, 1.54) is 7.11 Å². The van der Waals surface area contributed by atoms with Gasteiger partial charge >= 0.3 is 0 Å². The molecule has 29 heavy (non-hydrogen) atoms. The van der Waals surface area contributed by atoms with Gasteiger partial charge in [-0.2, -0.15) is 0 Å². The highest BCUT2D eigenvalue weighted by atomic mass is 16.5. The second kappa shape index (κ2) is 9.59. The summed E-state index contributed by atoms with van der Waals surface area (Å²) in [6.45, 7) is 2.67. The Morgan fingerprint density at radius 1 is 0.828 bits per heavy atom. The van der Waals surface area contributed by atoms with E-state index in [0.717, 1.165) is 23.6 Å². The van der Waals surface area contributed by atoms with Crippen LogP contribution in [0.25, 0.3) is 10.8 Å². The van der Waals surface area contributed by atoms with E-state index in [-0.39, 0.29) is 0 Å². The molecule has 3 aromatic carbocycles. The SMILES string of the molecule is CCCCOc1ccc(C(=O)NNC(=O)c2ccc3ccccc3c2)cc1OC. The van der Waals surface area contributed by atoms with Gasteiger partial charge in [0, 0.05) is 11.1 Å². The average molecular weight is 392 g/mol. The topological polar surface area (TPSA) is 76.7 Å². The van der Waals surface area contributed by atoms with E-state index >= 15 is 0 Å². The van der Waals surface area contributed by atoms with E-state index in [1.807, 2.05) is 30.3 Å². The number of carbonyl (C=O) groups is 2. The second-order valence-corrected chi connectivity index (χ2v) is 6.54. The number of unbranched alkanes of at least 4 members (excludes halogenated alkanes) is 1. The lowest BCUT2D eigenvalue weighted by Gasteiger charge is -2.12. The van der Waals surface area contributed by atoms with Crippen LogP contribution in [0.15, 0.2) is 60.7 Å². The van der Waals surface area contributed by atoms with Crippen molar-refractivity contribution in [2.24, 2.45) is 0 Å². The fraction of sp³-hybridized carbons (Fsp3) is 0.217. The monoisotopic (exact) mass is 392 g/mol. The van der Waals surface area contributed by atoms with Crippen LogP contribution in [0, 0.1) is 0 Å². The average Bonchev–Trinajstić information content (AvgIpc) is 2.77. The molecule has 0 saturated heterocycles. The standard InChI is InChI=1S/C23H24N2O4/c1-3-4-13-29-20-12-11-19(15-21(20)28-2)23(27)25-24-22(26)18-10-9-16-7-5-6-8-17(16)14-18/h5-12,14-15H,3-4,13H2,1-2H3,(H,24,26)(H,25,27). The number of hydrogen-bond donors (Lipinski definition) is 2. The Hall–Kier alpha value is -3.54. The van der Waals surface area contributed by atoms with E-state index in [9.17, 15) is 9.59 Å². The molecule has 3 rings (SSSR count). The lowest BCUT2D eigenvalue weighted by atomic mass is 10.1. The Morgan fingerprint density at radius 2 is 1.48 bits per heavy atom. The molecule has 0 fully saturated rings. The van der Waals surface area contributed by atoms with Gasteiger partial charge in [0.2, 0.25) is 0 Å². The van der Waals surface area contributed by atoms with Crippen molar-refractivity contribution in [3.05, 3.63) is 71.8 Å². The Labute approximate surface area is 169 Å². The summed E-state index contributed by atoms with van der Waals surface area (Å²) in [7, 11) is 1.52. The number of hydrazine groups is 1. The number of rotatable bonds is 7. The lowest BCUT2D eigenvalue weighted by molar-refractivity contribution is 0.0846. The minimum atomic E-state index is -0.447. The highest BCUT2D eigenvalue weighted by molar-refractivity contribution is 6.01. The lowest BCUT2D eigenvalue weighted by Crippen LogP contribution is -2.41. The molecule has 150 valence electrons. The van der Waals surface area contributed by atoms with E-state index < -0.39 is 11.8 Å². The number of nitrogens with one attached hydrogen (secondary N) is 2. The molecule has 0 aliphatic heterocycles. The zero-order chi connectivity index (χ0) is 20.6. The van der Waals surface area contributed by atoms with Gasteiger partial charge in [-0.1, -0.05) is 43.7 Å². The molecule has 6 nitrogen and oxygen atoms in total. The van der Waals surface area contributed by atoms with Crippen LogP contribution in [0.3, 0.4) is 0 Å². The summed E-state index contributed by atoms with van der Waals surface area (Å²) in [5.74, 6) is 0.209. The van der Waals surface area contributed by atoms with E-state index in [4.69, 9.17) is 9.47 Å². The van der Waals surface area contributed by atoms with Gasteiger partial charge in [0.25, 0.3) is 11.8 Å². The fourth-order valence-electron chi connectivity index (χ4n) is 2.84. The summed E-state index contributed by atoms with van der Waals surface area (Å²) in [6.07, 6.45) is 1.96. The first-order valence-corrected chi connectivity index (χ1v) is 9.52. The molecule has 3 aromatic rings. The molecule has 0 saturated carbocycles. The number of amides is 2. The Kier molecular flexibility index (Phi) is 6.68. The molecule has 0 atom stereocenters. The maximum absolute atomic E-state index is 12.4. The van der Waals surface area contributed by atoms with E-state index in [1.54, 1.807) is 30.3 Å². The highest BCUT2D eigenvalue weighted by Crippen LogP contribution is 2.28. The summed E-state index contributed by atoms with van der Waals surface area (Å²) in [5, 5.41) is 2.00. The number of benzene rings is 3. The quantitative estimate of drug-likeness (QED) is 0.469. The van der Waals surface area contributed by atoms with Crippen molar-refractivity contribution < 1.29 is 19.1 Å². The molecule has 0 bridgehead atoms. The molecule has 0 heterocycles. The third-order valence-corrected chi connectivity index (χ3v) is 4.48. The molecular weight excluding hydrogens is 368 g/mol. The van der Waals surface area contributed by atoms with Gasteiger partial charge in [-0.3, -0.25) is 20.4 Å². The summed E-state index contributed by atoms with van der Waals surface area (Å²) in [4.78, 5) is 24.8. The fourth-order valence-corrected chi connectivity index (χ4v) is 2.84.